The predicted molar refractivity (Wildman–Crippen MR) is 131 cm³/mol. The van der Waals surface area contributed by atoms with Crippen LogP contribution in [0.15, 0.2) is 0 Å². The Labute approximate surface area is 192 Å². The highest BCUT2D eigenvalue weighted by molar-refractivity contribution is 6.78. The SMILES string of the molecule is CCOC(=O)C(N)(CCCCCCCCCC[Si](C)(C)C1CCCCC1)C(=O)OCC. The van der Waals surface area contributed by atoms with Crippen molar-refractivity contribution in [3.63, 3.8) is 0 Å². The number of carbonyl (C=O) groups excluding carboxylic acids is 2. The smallest absolute Gasteiger partial charge is 0.337 e. The molecule has 0 aromatic heterocycles. The van der Waals surface area contributed by atoms with E-state index in [4.69, 9.17) is 15.2 Å². The lowest BCUT2D eigenvalue weighted by Crippen LogP contribution is -2.56. The van der Waals surface area contributed by atoms with Crippen LogP contribution in [-0.4, -0.2) is 38.8 Å². The molecule has 0 saturated heterocycles. The third kappa shape index (κ3) is 10.1. The average Bonchev–Trinajstić information content (AvgIpc) is 2.75. The molecule has 6 heteroatoms. The van der Waals surface area contributed by atoms with Crippen molar-refractivity contribution < 1.29 is 19.1 Å². The zero-order chi connectivity index (χ0) is 23.2. The number of ether oxygens (including phenoxy) is 2. The Morgan fingerprint density at radius 3 is 1.74 bits per heavy atom. The molecule has 1 rings (SSSR count). The van der Waals surface area contributed by atoms with Crippen LogP contribution < -0.4 is 5.73 Å². The summed E-state index contributed by atoms with van der Waals surface area (Å²) < 4.78 is 10.0. The van der Waals surface area contributed by atoms with Gasteiger partial charge in [0.15, 0.2) is 0 Å². The maximum absolute atomic E-state index is 12.2. The van der Waals surface area contributed by atoms with E-state index >= 15 is 0 Å². The fourth-order valence-electron chi connectivity index (χ4n) is 4.94. The van der Waals surface area contributed by atoms with E-state index in [0.717, 1.165) is 24.8 Å². The van der Waals surface area contributed by atoms with Crippen molar-refractivity contribution in [3.8, 4) is 0 Å². The van der Waals surface area contributed by atoms with E-state index in [2.05, 4.69) is 13.1 Å². The molecule has 0 aromatic carbocycles. The van der Waals surface area contributed by atoms with E-state index in [1.54, 1.807) is 13.8 Å². The molecule has 0 unspecified atom stereocenters. The van der Waals surface area contributed by atoms with Gasteiger partial charge in [-0.25, -0.2) is 9.59 Å². The van der Waals surface area contributed by atoms with Gasteiger partial charge in [-0.2, -0.15) is 0 Å². The summed E-state index contributed by atoms with van der Waals surface area (Å²) in [4.78, 5) is 24.3. The third-order valence-electron chi connectivity index (χ3n) is 7.13. The van der Waals surface area contributed by atoms with Gasteiger partial charge in [0.1, 0.15) is 0 Å². The van der Waals surface area contributed by atoms with Crippen LogP contribution in [0.5, 0.6) is 0 Å². The topological polar surface area (TPSA) is 78.6 Å². The van der Waals surface area contributed by atoms with Gasteiger partial charge in [-0.15, -0.1) is 0 Å². The van der Waals surface area contributed by atoms with Crippen molar-refractivity contribution >= 4 is 20.0 Å². The molecule has 31 heavy (non-hydrogen) atoms. The average molecular weight is 456 g/mol. The minimum Gasteiger partial charge on any atom is -0.464 e. The molecule has 0 bridgehead atoms. The molecule has 0 heterocycles. The summed E-state index contributed by atoms with van der Waals surface area (Å²) in [6.45, 7) is 9.07. The van der Waals surface area contributed by atoms with Crippen LogP contribution in [-0.2, 0) is 19.1 Å². The molecule has 5 nitrogen and oxygen atoms in total. The van der Waals surface area contributed by atoms with Crippen LogP contribution in [0.4, 0.5) is 0 Å². The Kier molecular flexibility index (Phi) is 13.7. The summed E-state index contributed by atoms with van der Waals surface area (Å²) in [7, 11) is -1.02. The van der Waals surface area contributed by atoms with Gasteiger partial charge >= 0.3 is 11.9 Å². The highest BCUT2D eigenvalue weighted by Crippen LogP contribution is 2.39. The Morgan fingerprint density at radius 1 is 0.806 bits per heavy atom. The zero-order valence-corrected chi connectivity index (χ0v) is 21.8. The summed E-state index contributed by atoms with van der Waals surface area (Å²) >= 11 is 0. The first kappa shape index (κ1) is 28.2. The summed E-state index contributed by atoms with van der Waals surface area (Å²) in [6, 6.07) is 1.50. The van der Waals surface area contributed by atoms with Crippen molar-refractivity contribution in [3.05, 3.63) is 0 Å². The molecule has 0 aromatic rings. The van der Waals surface area contributed by atoms with Gasteiger partial charge in [-0.1, -0.05) is 103 Å². The quantitative estimate of drug-likeness (QED) is 0.127. The van der Waals surface area contributed by atoms with Gasteiger partial charge in [0, 0.05) is 0 Å². The fraction of sp³-hybridized carbons (Fsp3) is 0.920. The fourth-order valence-corrected chi connectivity index (χ4v) is 8.48. The lowest BCUT2D eigenvalue weighted by atomic mass is 9.93. The number of esters is 2. The molecule has 182 valence electrons. The first-order valence-corrected chi connectivity index (χ1v) is 16.2. The standard InChI is InChI=1S/C25H49NO4Si/c1-5-29-23(27)25(26,24(28)30-6-2)20-16-11-9-7-8-10-12-17-21-31(3,4)22-18-14-13-15-19-22/h22H,5-21,26H2,1-4H3. The van der Waals surface area contributed by atoms with Crippen molar-refractivity contribution in [2.75, 3.05) is 13.2 Å². The molecule has 1 aliphatic rings. The maximum atomic E-state index is 12.2. The number of hydrogen-bond donors (Lipinski definition) is 1. The second kappa shape index (κ2) is 15.0. The Morgan fingerprint density at radius 2 is 1.26 bits per heavy atom. The number of unbranched alkanes of at least 4 members (excludes halogenated alkanes) is 7. The van der Waals surface area contributed by atoms with Gasteiger partial charge in [0.25, 0.3) is 0 Å². The van der Waals surface area contributed by atoms with Crippen molar-refractivity contribution in [2.24, 2.45) is 5.73 Å². The van der Waals surface area contributed by atoms with Gasteiger partial charge in [0.2, 0.25) is 5.54 Å². The molecular weight excluding hydrogens is 406 g/mol. The van der Waals surface area contributed by atoms with E-state index in [9.17, 15) is 9.59 Å². The summed E-state index contributed by atoms with van der Waals surface area (Å²) in [5, 5.41) is 0. The first-order chi connectivity index (χ1) is 14.8. The molecule has 1 saturated carbocycles. The molecule has 0 amide bonds. The molecule has 0 spiro atoms. The molecule has 1 aliphatic carbocycles. The minimum atomic E-state index is -1.67. The lowest BCUT2D eigenvalue weighted by molar-refractivity contribution is -0.164. The van der Waals surface area contributed by atoms with Gasteiger partial charge in [-0.3, -0.25) is 0 Å². The van der Waals surface area contributed by atoms with E-state index < -0.39 is 25.6 Å². The van der Waals surface area contributed by atoms with E-state index in [1.807, 2.05) is 0 Å². The monoisotopic (exact) mass is 455 g/mol. The normalized spacial score (nSPS) is 15.6. The van der Waals surface area contributed by atoms with Crippen molar-refractivity contribution in [1.82, 2.24) is 0 Å². The third-order valence-corrected chi connectivity index (χ3v) is 11.6. The van der Waals surface area contributed by atoms with Gasteiger partial charge in [-0.05, 0) is 25.8 Å². The molecule has 2 N–H and O–H groups in total. The second-order valence-corrected chi connectivity index (χ2v) is 15.4. The highest BCUT2D eigenvalue weighted by Gasteiger charge is 2.44. The number of hydrogen-bond acceptors (Lipinski definition) is 5. The Bertz CT molecular complexity index is 500. The Balaban J connectivity index is 2.15. The van der Waals surface area contributed by atoms with E-state index in [-0.39, 0.29) is 19.6 Å². The van der Waals surface area contributed by atoms with E-state index in [0.29, 0.717) is 0 Å². The van der Waals surface area contributed by atoms with Crippen molar-refractivity contribution in [2.45, 2.75) is 134 Å². The Hall–Kier alpha value is -0.883. The number of nitrogens with two attached hydrogens (primary N) is 1. The maximum Gasteiger partial charge on any atom is 0.337 e. The largest absolute Gasteiger partial charge is 0.464 e. The summed E-state index contributed by atoms with van der Waals surface area (Å²) in [5.41, 5.74) is 5.50. The van der Waals surface area contributed by atoms with Crippen LogP contribution in [0.3, 0.4) is 0 Å². The zero-order valence-electron chi connectivity index (χ0n) is 20.8. The van der Waals surface area contributed by atoms with Crippen LogP contribution in [0, 0.1) is 0 Å². The van der Waals surface area contributed by atoms with E-state index in [1.165, 1.54) is 70.3 Å². The van der Waals surface area contributed by atoms with Crippen LogP contribution in [0.25, 0.3) is 0 Å². The molecule has 0 radical (unpaired) electrons. The number of carbonyl (C=O) groups is 2. The first-order valence-electron chi connectivity index (χ1n) is 12.9. The van der Waals surface area contributed by atoms with Gasteiger partial charge in [0.05, 0.1) is 21.3 Å². The summed E-state index contributed by atoms with van der Waals surface area (Å²) in [5.74, 6) is -1.35. The van der Waals surface area contributed by atoms with Crippen LogP contribution >= 0.6 is 0 Å². The minimum absolute atomic E-state index is 0.206. The molecule has 0 aliphatic heterocycles. The second-order valence-electron chi connectivity index (χ2n) is 10.1. The molecule has 0 atom stereocenters. The molecular formula is C25H49NO4Si. The van der Waals surface area contributed by atoms with Crippen LogP contribution in [0.2, 0.25) is 24.7 Å². The predicted octanol–water partition coefficient (Wildman–Crippen LogP) is 6.36. The highest BCUT2D eigenvalue weighted by atomic mass is 28.3. The van der Waals surface area contributed by atoms with Gasteiger partial charge < -0.3 is 15.2 Å². The number of rotatable bonds is 16. The summed E-state index contributed by atoms with van der Waals surface area (Å²) in [6.07, 6.45) is 17.0. The van der Waals surface area contributed by atoms with Crippen LogP contribution in [0.1, 0.15) is 104 Å². The van der Waals surface area contributed by atoms with Crippen molar-refractivity contribution in [1.29, 1.82) is 0 Å². The molecule has 1 fully saturated rings. The lowest BCUT2D eigenvalue weighted by Gasteiger charge is -2.35.